The van der Waals surface area contributed by atoms with Crippen molar-refractivity contribution < 1.29 is 19.1 Å². The average molecular weight is 537 g/mol. The fraction of sp³-hybridized carbons (Fsp3) is 0.692. The molecular formula is C26H44N6O4S. The number of amides is 2. The third-order valence-electron chi connectivity index (χ3n) is 5.78. The minimum absolute atomic E-state index is 0.198. The molecule has 0 aromatic heterocycles. The number of rotatable bonds is 3. The van der Waals surface area contributed by atoms with Crippen molar-refractivity contribution in [3.05, 3.63) is 23.5 Å². The summed E-state index contributed by atoms with van der Waals surface area (Å²) in [6, 6.07) is 1.94. The van der Waals surface area contributed by atoms with E-state index in [1.165, 1.54) is 6.08 Å². The molecule has 6 N–H and O–H groups in total. The summed E-state index contributed by atoms with van der Waals surface area (Å²) in [5, 5.41) is 8.54. The van der Waals surface area contributed by atoms with E-state index >= 15 is 0 Å². The Kier molecular flexibility index (Phi) is 12.2. The molecule has 2 aliphatic rings. The molecule has 0 aromatic carbocycles. The topological polar surface area (TPSA) is 161 Å². The van der Waals surface area contributed by atoms with Crippen LogP contribution in [0, 0.1) is 23.2 Å². The number of nitrogens with two attached hydrogens (primary N) is 3. The van der Waals surface area contributed by atoms with Gasteiger partial charge in [-0.05, 0) is 73.3 Å². The fourth-order valence-electron chi connectivity index (χ4n) is 3.92. The van der Waals surface area contributed by atoms with Crippen LogP contribution in [0.15, 0.2) is 23.5 Å². The van der Waals surface area contributed by atoms with Gasteiger partial charge in [-0.2, -0.15) is 5.26 Å². The normalized spacial score (nSPS) is 18.3. The van der Waals surface area contributed by atoms with Gasteiger partial charge in [0.05, 0.1) is 11.1 Å². The lowest BCUT2D eigenvalue weighted by atomic mass is 9.93. The van der Waals surface area contributed by atoms with Crippen molar-refractivity contribution >= 4 is 29.4 Å². The molecule has 2 fully saturated rings. The molecule has 11 heteroatoms. The minimum Gasteiger partial charge on any atom is -0.444 e. The van der Waals surface area contributed by atoms with E-state index in [0.29, 0.717) is 42.6 Å². The van der Waals surface area contributed by atoms with Crippen molar-refractivity contribution in [1.82, 2.24) is 9.80 Å². The van der Waals surface area contributed by atoms with E-state index in [1.54, 1.807) is 15.9 Å². The Hall–Kier alpha value is -3.00. The summed E-state index contributed by atoms with van der Waals surface area (Å²) in [6.45, 7) is 13.7. The Bertz CT molecular complexity index is 897. The molecule has 0 atom stereocenters. The van der Waals surface area contributed by atoms with Crippen LogP contribution in [0.1, 0.15) is 67.2 Å². The average Bonchev–Trinajstić information content (AvgIpc) is 2.77. The summed E-state index contributed by atoms with van der Waals surface area (Å²) in [7, 11) is 0. The number of allylic oxidation sites excluding steroid dienone is 3. The molecule has 0 bridgehead atoms. The number of ether oxygens (including phenoxy) is 2. The molecule has 0 unspecified atom stereocenters. The Morgan fingerprint density at radius 1 is 0.811 bits per heavy atom. The van der Waals surface area contributed by atoms with Crippen LogP contribution in [-0.2, 0) is 9.47 Å². The van der Waals surface area contributed by atoms with Crippen molar-refractivity contribution in [3.63, 3.8) is 0 Å². The molecule has 0 radical (unpaired) electrons. The van der Waals surface area contributed by atoms with Crippen molar-refractivity contribution in [1.29, 1.82) is 5.26 Å². The first-order valence-corrected chi connectivity index (χ1v) is 13.0. The van der Waals surface area contributed by atoms with Gasteiger partial charge in [-0.1, -0.05) is 12.2 Å². The maximum atomic E-state index is 11.9. The minimum atomic E-state index is -0.465. The Balaban J connectivity index is 0.000000371. The van der Waals surface area contributed by atoms with Gasteiger partial charge in [0.25, 0.3) is 0 Å². The Morgan fingerprint density at radius 2 is 1.16 bits per heavy atom. The summed E-state index contributed by atoms with van der Waals surface area (Å²) < 4.78 is 10.6. The smallest absolute Gasteiger partial charge is 0.410 e. The van der Waals surface area contributed by atoms with Crippen LogP contribution < -0.4 is 17.2 Å². The largest absolute Gasteiger partial charge is 0.444 e. The second-order valence-electron chi connectivity index (χ2n) is 11.3. The van der Waals surface area contributed by atoms with E-state index in [2.05, 4.69) is 0 Å². The zero-order chi connectivity index (χ0) is 28.4. The van der Waals surface area contributed by atoms with Gasteiger partial charge >= 0.3 is 12.2 Å². The zero-order valence-corrected chi connectivity index (χ0v) is 23.9. The lowest BCUT2D eigenvalue weighted by molar-refractivity contribution is 0.0184. The van der Waals surface area contributed by atoms with Crippen LogP contribution in [0.25, 0.3) is 0 Å². The predicted molar refractivity (Wildman–Crippen MR) is 148 cm³/mol. The van der Waals surface area contributed by atoms with Gasteiger partial charge in [0.1, 0.15) is 11.2 Å². The van der Waals surface area contributed by atoms with Gasteiger partial charge in [-0.25, -0.2) is 9.59 Å². The summed E-state index contributed by atoms with van der Waals surface area (Å²) >= 11 is 4.80. The zero-order valence-electron chi connectivity index (χ0n) is 23.1. The lowest BCUT2D eigenvalue weighted by Crippen LogP contribution is -2.42. The number of nitriles is 1. The highest BCUT2D eigenvalue weighted by atomic mass is 32.1. The van der Waals surface area contributed by atoms with Crippen molar-refractivity contribution in [3.8, 4) is 6.07 Å². The summed E-state index contributed by atoms with van der Waals surface area (Å²) in [5.41, 5.74) is 17.5. The second kappa shape index (κ2) is 14.1. The van der Waals surface area contributed by atoms with Crippen molar-refractivity contribution in [2.24, 2.45) is 29.0 Å². The molecule has 2 rings (SSSR count). The van der Waals surface area contributed by atoms with E-state index in [1.807, 2.05) is 47.6 Å². The third-order valence-corrected chi connectivity index (χ3v) is 5.89. The predicted octanol–water partition coefficient (Wildman–Crippen LogP) is 3.76. The van der Waals surface area contributed by atoms with Crippen molar-refractivity contribution in [2.75, 3.05) is 26.2 Å². The first kappa shape index (κ1) is 32.0. The molecule has 2 amide bonds. The van der Waals surface area contributed by atoms with E-state index in [0.717, 1.165) is 25.7 Å². The molecule has 2 heterocycles. The number of hydrogen-bond acceptors (Lipinski definition) is 8. The highest BCUT2D eigenvalue weighted by molar-refractivity contribution is 7.80. The van der Waals surface area contributed by atoms with Crippen LogP contribution in [0.5, 0.6) is 0 Å². The maximum Gasteiger partial charge on any atom is 0.410 e. The third kappa shape index (κ3) is 12.7. The molecule has 2 aliphatic heterocycles. The monoisotopic (exact) mass is 536 g/mol. The number of carbonyl (C=O) groups is 2. The van der Waals surface area contributed by atoms with Crippen LogP contribution in [0.3, 0.4) is 0 Å². The van der Waals surface area contributed by atoms with Gasteiger partial charge in [-0.15, -0.1) is 0 Å². The van der Waals surface area contributed by atoms with Crippen LogP contribution in [-0.4, -0.2) is 64.4 Å². The number of thiocarbonyl (C=S) groups is 1. The summed E-state index contributed by atoms with van der Waals surface area (Å²) in [5.74, 6) is 0.434. The molecule has 2 saturated heterocycles. The molecular weight excluding hydrogens is 492 g/mol. The Labute approximate surface area is 226 Å². The Morgan fingerprint density at radius 3 is 1.46 bits per heavy atom. The van der Waals surface area contributed by atoms with Gasteiger partial charge in [0.2, 0.25) is 0 Å². The molecule has 0 aromatic rings. The number of nitrogens with zero attached hydrogens (tertiary/aromatic N) is 3. The van der Waals surface area contributed by atoms with Gasteiger partial charge in [0, 0.05) is 55.5 Å². The van der Waals surface area contributed by atoms with Crippen LogP contribution in [0.4, 0.5) is 9.59 Å². The highest BCUT2D eigenvalue weighted by Gasteiger charge is 2.28. The second-order valence-corrected chi connectivity index (χ2v) is 11.8. The first-order valence-electron chi connectivity index (χ1n) is 12.6. The van der Waals surface area contributed by atoms with E-state index in [4.69, 9.17) is 44.2 Å². The fourth-order valence-corrected chi connectivity index (χ4v) is 4.05. The summed E-state index contributed by atoms with van der Waals surface area (Å²) in [4.78, 5) is 27.4. The molecule has 37 heavy (non-hydrogen) atoms. The molecule has 208 valence electrons. The number of likely N-dealkylation sites (tertiary alicyclic amines) is 2. The maximum absolute atomic E-state index is 11.9. The van der Waals surface area contributed by atoms with E-state index in [-0.39, 0.29) is 24.0 Å². The van der Waals surface area contributed by atoms with Gasteiger partial charge in [-0.3, -0.25) is 0 Å². The molecule has 0 spiro atoms. The quantitative estimate of drug-likeness (QED) is 0.277. The summed E-state index contributed by atoms with van der Waals surface area (Å²) in [6.07, 6.45) is 5.66. The molecule has 10 nitrogen and oxygen atoms in total. The van der Waals surface area contributed by atoms with Gasteiger partial charge in [0.15, 0.2) is 0 Å². The SMILES string of the molecule is CC(C)(C)OC(=O)N1CCC(/C(N)=C/C#N)CC1.CC(C)(C)OC(=O)N1CCC(/C(N)=C/C(N)=S)CC1. The first-order chi connectivity index (χ1) is 17.0. The van der Waals surface area contributed by atoms with E-state index in [9.17, 15) is 9.59 Å². The van der Waals surface area contributed by atoms with Gasteiger partial charge < -0.3 is 36.5 Å². The highest BCUT2D eigenvalue weighted by Crippen LogP contribution is 2.24. The molecule has 0 aliphatic carbocycles. The van der Waals surface area contributed by atoms with Crippen LogP contribution in [0.2, 0.25) is 0 Å². The number of hydrogen-bond donors (Lipinski definition) is 3. The molecule has 0 saturated carbocycles. The lowest BCUT2D eigenvalue weighted by Gasteiger charge is -2.33. The standard InChI is InChI=1S/C13H23N3O2S.C13H21N3O2/c1-13(2,3)18-12(17)16-6-4-9(5-7-16)10(14)8-11(15)19;1-13(2,3)18-12(17)16-8-5-10(6-9-16)11(15)4-7-14/h8-9H,4-7,14H2,1-3H3,(H2,15,19);4,10H,5-6,8-9,15H2,1-3H3/b10-8-;11-4-. The van der Waals surface area contributed by atoms with E-state index < -0.39 is 11.2 Å². The van der Waals surface area contributed by atoms with Crippen molar-refractivity contribution in [2.45, 2.75) is 78.4 Å². The number of piperidine rings is 2. The van der Waals surface area contributed by atoms with Crippen LogP contribution >= 0.6 is 12.2 Å². The number of carbonyl (C=O) groups excluding carboxylic acids is 2.